The van der Waals surface area contributed by atoms with Crippen molar-refractivity contribution in [3.63, 3.8) is 0 Å². The second-order valence-electron chi connectivity index (χ2n) is 5.58. The smallest absolute Gasteiger partial charge is 0.251 e. The number of benzene rings is 1. The van der Waals surface area contributed by atoms with Crippen LogP contribution in [0.3, 0.4) is 0 Å². The molecule has 2 aromatic heterocycles. The van der Waals surface area contributed by atoms with Crippen LogP contribution in [0.1, 0.15) is 40.7 Å². The van der Waals surface area contributed by atoms with Crippen molar-refractivity contribution in [3.05, 3.63) is 40.7 Å². The Kier molecular flexibility index (Phi) is 4.10. The number of fused-ring (bicyclic) bond motifs is 1. The van der Waals surface area contributed by atoms with E-state index >= 15 is 0 Å². The van der Waals surface area contributed by atoms with Gasteiger partial charge in [-0.05, 0) is 38.5 Å². The van der Waals surface area contributed by atoms with Gasteiger partial charge >= 0.3 is 0 Å². The number of aryl methyl sites for hydroxylation is 2. The minimum absolute atomic E-state index is 0.128. The lowest BCUT2D eigenvalue weighted by Gasteiger charge is -2.07. The number of nitrogens with zero attached hydrogens (tertiary/aromatic N) is 4. The van der Waals surface area contributed by atoms with Crippen LogP contribution in [-0.2, 0) is 13.1 Å². The van der Waals surface area contributed by atoms with E-state index in [2.05, 4.69) is 32.7 Å². The molecule has 2 heterocycles. The number of aromatic nitrogens is 5. The van der Waals surface area contributed by atoms with E-state index in [-0.39, 0.29) is 5.91 Å². The Hall–Kier alpha value is -2.70. The molecule has 3 aromatic rings. The standard InChI is InChI=1S/C16H20N6O/c1-4-7-22-11(3)13(10(2)20-22)9-17-16(23)12-5-6-14-15(8-12)19-21-18-14/h5-6,8H,4,7,9H2,1-3H3,(H,17,23)(H,18,19,21). The molecule has 7 heteroatoms. The van der Waals surface area contributed by atoms with Crippen molar-refractivity contribution >= 4 is 16.9 Å². The van der Waals surface area contributed by atoms with Crippen LogP contribution >= 0.6 is 0 Å². The first-order valence-corrected chi connectivity index (χ1v) is 7.71. The highest BCUT2D eigenvalue weighted by molar-refractivity contribution is 5.97. The third-order valence-electron chi connectivity index (χ3n) is 3.97. The van der Waals surface area contributed by atoms with E-state index in [1.54, 1.807) is 18.2 Å². The van der Waals surface area contributed by atoms with Gasteiger partial charge in [0.05, 0.1) is 5.69 Å². The van der Waals surface area contributed by atoms with E-state index in [1.807, 2.05) is 18.5 Å². The van der Waals surface area contributed by atoms with Gasteiger partial charge in [0, 0.05) is 29.9 Å². The summed E-state index contributed by atoms with van der Waals surface area (Å²) in [6.07, 6.45) is 1.03. The van der Waals surface area contributed by atoms with Gasteiger partial charge in [0.2, 0.25) is 0 Å². The van der Waals surface area contributed by atoms with Gasteiger partial charge in [-0.3, -0.25) is 9.48 Å². The minimum atomic E-state index is -0.128. The number of H-pyrrole nitrogens is 1. The molecule has 0 atom stereocenters. The maximum absolute atomic E-state index is 12.3. The zero-order valence-electron chi connectivity index (χ0n) is 13.6. The van der Waals surface area contributed by atoms with Crippen molar-refractivity contribution in [2.45, 2.75) is 40.3 Å². The fourth-order valence-corrected chi connectivity index (χ4v) is 2.67. The summed E-state index contributed by atoms with van der Waals surface area (Å²) < 4.78 is 2.00. The summed E-state index contributed by atoms with van der Waals surface area (Å²) in [6.45, 7) is 7.50. The van der Waals surface area contributed by atoms with Gasteiger partial charge in [-0.2, -0.15) is 20.5 Å². The van der Waals surface area contributed by atoms with Gasteiger partial charge in [-0.1, -0.05) is 6.92 Å². The zero-order valence-corrected chi connectivity index (χ0v) is 13.6. The lowest BCUT2D eigenvalue weighted by molar-refractivity contribution is 0.0951. The number of nitrogens with one attached hydrogen (secondary N) is 2. The largest absolute Gasteiger partial charge is 0.348 e. The van der Waals surface area contributed by atoms with Crippen LogP contribution in [0.5, 0.6) is 0 Å². The van der Waals surface area contributed by atoms with Crippen molar-refractivity contribution in [3.8, 4) is 0 Å². The lowest BCUT2D eigenvalue weighted by Crippen LogP contribution is -2.23. The molecule has 0 fully saturated rings. The highest BCUT2D eigenvalue weighted by Gasteiger charge is 2.13. The van der Waals surface area contributed by atoms with Crippen molar-refractivity contribution in [1.29, 1.82) is 0 Å². The first-order valence-electron chi connectivity index (χ1n) is 7.71. The molecular formula is C16H20N6O. The third kappa shape index (κ3) is 2.94. The fourth-order valence-electron chi connectivity index (χ4n) is 2.67. The van der Waals surface area contributed by atoms with Gasteiger partial charge in [0.15, 0.2) is 0 Å². The molecule has 0 radical (unpaired) electrons. The Bertz CT molecular complexity index is 847. The second-order valence-corrected chi connectivity index (χ2v) is 5.58. The molecular weight excluding hydrogens is 292 g/mol. The Morgan fingerprint density at radius 2 is 2.04 bits per heavy atom. The van der Waals surface area contributed by atoms with Crippen LogP contribution in [0, 0.1) is 13.8 Å². The Labute approximate surface area is 134 Å². The average Bonchev–Trinajstić information content (AvgIpc) is 3.10. The van der Waals surface area contributed by atoms with Gasteiger partial charge in [-0.25, -0.2) is 0 Å². The number of rotatable bonds is 5. The Morgan fingerprint density at radius 1 is 1.26 bits per heavy atom. The monoisotopic (exact) mass is 312 g/mol. The first-order chi connectivity index (χ1) is 11.1. The molecule has 0 aliphatic carbocycles. The molecule has 0 aliphatic rings. The quantitative estimate of drug-likeness (QED) is 0.755. The van der Waals surface area contributed by atoms with E-state index < -0.39 is 0 Å². The van der Waals surface area contributed by atoms with Crippen LogP contribution in [0.15, 0.2) is 18.2 Å². The van der Waals surface area contributed by atoms with E-state index in [0.717, 1.165) is 35.4 Å². The summed E-state index contributed by atoms with van der Waals surface area (Å²) in [4.78, 5) is 12.3. The second kappa shape index (κ2) is 6.20. The van der Waals surface area contributed by atoms with Crippen molar-refractivity contribution in [1.82, 2.24) is 30.5 Å². The molecule has 1 amide bonds. The van der Waals surface area contributed by atoms with Gasteiger partial charge in [0.25, 0.3) is 5.91 Å². The summed E-state index contributed by atoms with van der Waals surface area (Å²) in [5, 5.41) is 18.0. The average molecular weight is 312 g/mol. The number of hydrogen-bond donors (Lipinski definition) is 2. The first kappa shape index (κ1) is 15.2. The molecule has 0 aliphatic heterocycles. The molecule has 23 heavy (non-hydrogen) atoms. The topological polar surface area (TPSA) is 88.5 Å². The zero-order chi connectivity index (χ0) is 16.4. The number of carbonyl (C=O) groups excluding carboxylic acids is 1. The van der Waals surface area contributed by atoms with Crippen LogP contribution < -0.4 is 5.32 Å². The molecule has 2 N–H and O–H groups in total. The molecule has 0 spiro atoms. The summed E-state index contributed by atoms with van der Waals surface area (Å²) in [5.74, 6) is -0.128. The Morgan fingerprint density at radius 3 is 2.83 bits per heavy atom. The van der Waals surface area contributed by atoms with E-state index in [4.69, 9.17) is 0 Å². The molecule has 120 valence electrons. The van der Waals surface area contributed by atoms with Crippen LogP contribution in [-0.4, -0.2) is 31.1 Å². The van der Waals surface area contributed by atoms with E-state index in [1.165, 1.54) is 0 Å². The maximum atomic E-state index is 12.3. The number of aromatic amines is 1. The van der Waals surface area contributed by atoms with Crippen molar-refractivity contribution in [2.75, 3.05) is 0 Å². The SMILES string of the molecule is CCCn1nc(C)c(CNC(=O)c2ccc3n[nH]nc3c2)c1C. The predicted octanol–water partition coefficient (Wildman–Crippen LogP) is 2.11. The number of hydrogen-bond acceptors (Lipinski definition) is 4. The Balaban J connectivity index is 1.73. The molecule has 0 saturated heterocycles. The third-order valence-corrected chi connectivity index (χ3v) is 3.97. The maximum Gasteiger partial charge on any atom is 0.251 e. The highest BCUT2D eigenvalue weighted by Crippen LogP contribution is 2.14. The van der Waals surface area contributed by atoms with Crippen LogP contribution in [0.2, 0.25) is 0 Å². The van der Waals surface area contributed by atoms with Gasteiger partial charge in [0.1, 0.15) is 11.0 Å². The number of carbonyl (C=O) groups is 1. The van der Waals surface area contributed by atoms with Gasteiger partial charge < -0.3 is 5.32 Å². The molecule has 1 aromatic carbocycles. The highest BCUT2D eigenvalue weighted by atomic mass is 16.1. The van der Waals surface area contributed by atoms with Gasteiger partial charge in [-0.15, -0.1) is 0 Å². The normalized spacial score (nSPS) is 11.1. The summed E-state index contributed by atoms with van der Waals surface area (Å²) in [5.41, 5.74) is 5.15. The molecule has 0 bridgehead atoms. The van der Waals surface area contributed by atoms with Crippen LogP contribution in [0.4, 0.5) is 0 Å². The fraction of sp³-hybridized carbons (Fsp3) is 0.375. The number of amides is 1. The summed E-state index contributed by atoms with van der Waals surface area (Å²) >= 11 is 0. The summed E-state index contributed by atoms with van der Waals surface area (Å²) in [7, 11) is 0. The minimum Gasteiger partial charge on any atom is -0.348 e. The van der Waals surface area contributed by atoms with Crippen LogP contribution in [0.25, 0.3) is 11.0 Å². The van der Waals surface area contributed by atoms with E-state index in [9.17, 15) is 4.79 Å². The van der Waals surface area contributed by atoms with Crippen molar-refractivity contribution < 1.29 is 4.79 Å². The predicted molar refractivity (Wildman–Crippen MR) is 87.1 cm³/mol. The molecule has 0 saturated carbocycles. The molecule has 7 nitrogen and oxygen atoms in total. The van der Waals surface area contributed by atoms with E-state index in [0.29, 0.717) is 17.6 Å². The lowest BCUT2D eigenvalue weighted by atomic mass is 10.1. The summed E-state index contributed by atoms with van der Waals surface area (Å²) in [6, 6.07) is 5.26. The molecule has 3 rings (SSSR count). The molecule has 0 unspecified atom stereocenters. The van der Waals surface area contributed by atoms with Crippen molar-refractivity contribution in [2.24, 2.45) is 0 Å².